The summed E-state index contributed by atoms with van der Waals surface area (Å²) in [6.45, 7) is 19.4. The van der Waals surface area contributed by atoms with E-state index in [4.69, 9.17) is 17.2 Å². The van der Waals surface area contributed by atoms with Crippen molar-refractivity contribution in [1.29, 1.82) is 0 Å². The van der Waals surface area contributed by atoms with Crippen molar-refractivity contribution in [2.75, 3.05) is 17.3 Å². The van der Waals surface area contributed by atoms with Gasteiger partial charge in [-0.1, -0.05) is 79.3 Å². The van der Waals surface area contributed by atoms with Crippen LogP contribution in [0.3, 0.4) is 0 Å². The molecule has 0 heterocycles. The van der Waals surface area contributed by atoms with Crippen LogP contribution in [0.25, 0.3) is 0 Å². The maximum absolute atomic E-state index is 13.7. The normalized spacial score (nSPS) is 10.0. The summed E-state index contributed by atoms with van der Waals surface area (Å²) in [5.41, 5.74) is 18.0. The van der Waals surface area contributed by atoms with Crippen LogP contribution in [0.15, 0.2) is 55.2 Å². The van der Waals surface area contributed by atoms with E-state index in [-0.39, 0.29) is 18.7 Å². The number of carbonyl (C=O) groups is 3. The predicted molar refractivity (Wildman–Crippen MR) is 174 cm³/mol. The van der Waals surface area contributed by atoms with Gasteiger partial charge in [0.25, 0.3) is 0 Å². The van der Waals surface area contributed by atoms with Crippen molar-refractivity contribution >= 4 is 35.2 Å². The Labute approximate surface area is 247 Å². The SMILES string of the molecule is C=C/C=C\C(=C)CSC.CC.CC.CC.NC(=O)CCCCCc1cc(F)cc(NC(=O)C(N)CCC(N)=O)c1. The zero-order valence-corrected chi connectivity index (χ0v) is 26.7. The van der Waals surface area contributed by atoms with E-state index in [1.807, 2.05) is 53.7 Å². The topological polar surface area (TPSA) is 141 Å². The Kier molecular flexibility index (Phi) is 35.6. The average Bonchev–Trinajstić information content (AvgIpc) is 2.93. The molecule has 0 aliphatic carbocycles. The number of nitrogens with two attached hydrogens (primary N) is 3. The van der Waals surface area contributed by atoms with E-state index in [0.29, 0.717) is 24.9 Å². The fraction of sp³-hybridized carbons (Fsp3) is 0.516. The molecule has 0 radical (unpaired) electrons. The lowest BCUT2D eigenvalue weighted by Crippen LogP contribution is -2.36. The summed E-state index contributed by atoms with van der Waals surface area (Å²) in [7, 11) is 0. The molecule has 1 atom stereocenters. The molecule has 0 aliphatic heterocycles. The van der Waals surface area contributed by atoms with Gasteiger partial charge in [-0.2, -0.15) is 11.8 Å². The largest absolute Gasteiger partial charge is 0.370 e. The third-order valence-corrected chi connectivity index (χ3v) is 5.11. The molecule has 0 bridgehead atoms. The van der Waals surface area contributed by atoms with Gasteiger partial charge in [0.1, 0.15) is 5.82 Å². The molecule has 40 heavy (non-hydrogen) atoms. The summed E-state index contributed by atoms with van der Waals surface area (Å²) < 4.78 is 13.7. The van der Waals surface area contributed by atoms with Crippen molar-refractivity contribution in [2.24, 2.45) is 17.2 Å². The molecule has 3 amide bonds. The Morgan fingerprint density at radius 1 is 0.975 bits per heavy atom. The van der Waals surface area contributed by atoms with Crippen molar-refractivity contribution in [3.05, 3.63) is 66.5 Å². The number of amides is 3. The highest BCUT2D eigenvalue weighted by molar-refractivity contribution is 7.98. The lowest BCUT2D eigenvalue weighted by Gasteiger charge is -2.12. The summed E-state index contributed by atoms with van der Waals surface area (Å²) in [5, 5.41) is 2.55. The second-order valence-corrected chi connectivity index (χ2v) is 8.53. The van der Waals surface area contributed by atoms with E-state index in [1.165, 1.54) is 12.1 Å². The molecule has 0 spiro atoms. The first kappa shape index (κ1) is 44.1. The van der Waals surface area contributed by atoms with Gasteiger partial charge < -0.3 is 22.5 Å². The average molecular weight is 583 g/mol. The highest BCUT2D eigenvalue weighted by atomic mass is 32.2. The fourth-order valence-electron chi connectivity index (χ4n) is 2.77. The molecule has 0 fully saturated rings. The van der Waals surface area contributed by atoms with E-state index in [2.05, 4.69) is 24.7 Å². The van der Waals surface area contributed by atoms with Crippen LogP contribution in [0.4, 0.5) is 10.1 Å². The number of hydrogen-bond donors (Lipinski definition) is 4. The molecule has 7 nitrogen and oxygen atoms in total. The van der Waals surface area contributed by atoms with Gasteiger partial charge in [0.05, 0.1) is 6.04 Å². The zero-order valence-electron chi connectivity index (χ0n) is 25.9. The summed E-state index contributed by atoms with van der Waals surface area (Å²) in [6.07, 6.45) is 11.1. The van der Waals surface area contributed by atoms with Crippen LogP contribution in [0.2, 0.25) is 0 Å². The van der Waals surface area contributed by atoms with Crippen LogP contribution in [0, 0.1) is 5.82 Å². The Morgan fingerprint density at radius 2 is 1.55 bits per heavy atom. The van der Waals surface area contributed by atoms with Crippen LogP contribution in [0.1, 0.15) is 85.6 Å². The molecule has 0 aliphatic rings. The van der Waals surface area contributed by atoms with Gasteiger partial charge >= 0.3 is 0 Å². The Balaban J connectivity index is -0.000000361. The number of thioether (sulfide) groups is 1. The predicted octanol–water partition coefficient (Wildman–Crippen LogP) is 6.67. The minimum Gasteiger partial charge on any atom is -0.370 e. The smallest absolute Gasteiger partial charge is 0.241 e. The quantitative estimate of drug-likeness (QED) is 0.135. The molecule has 0 saturated carbocycles. The van der Waals surface area contributed by atoms with Crippen LogP contribution in [0.5, 0.6) is 0 Å². The lowest BCUT2D eigenvalue weighted by atomic mass is 10.0. The monoisotopic (exact) mass is 582 g/mol. The van der Waals surface area contributed by atoms with Gasteiger partial charge in [-0.15, -0.1) is 0 Å². The first-order valence-corrected chi connectivity index (χ1v) is 15.4. The second-order valence-electron chi connectivity index (χ2n) is 7.66. The molecule has 1 aromatic rings. The number of hydrogen-bond acceptors (Lipinski definition) is 5. The Bertz CT molecular complexity index is 861. The molecule has 1 unspecified atom stereocenters. The summed E-state index contributed by atoms with van der Waals surface area (Å²) in [6, 6.07) is 3.38. The molecule has 0 saturated heterocycles. The van der Waals surface area contributed by atoms with E-state index < -0.39 is 23.7 Å². The highest BCUT2D eigenvalue weighted by Gasteiger charge is 2.15. The van der Waals surface area contributed by atoms with Crippen molar-refractivity contribution in [3.8, 4) is 0 Å². The lowest BCUT2D eigenvalue weighted by molar-refractivity contribution is -0.120. The van der Waals surface area contributed by atoms with Gasteiger partial charge in [-0.3, -0.25) is 14.4 Å². The van der Waals surface area contributed by atoms with Gasteiger partial charge in [-0.25, -0.2) is 4.39 Å². The Hall–Kier alpha value is -2.91. The highest BCUT2D eigenvalue weighted by Crippen LogP contribution is 2.17. The first-order chi connectivity index (χ1) is 19.1. The number of halogens is 1. The van der Waals surface area contributed by atoms with Gasteiger partial charge in [0, 0.05) is 24.3 Å². The minimum absolute atomic E-state index is 0.00822. The number of aryl methyl sites for hydroxylation is 1. The molecule has 9 heteroatoms. The number of nitrogens with one attached hydrogen (secondary N) is 1. The maximum Gasteiger partial charge on any atom is 0.241 e. The molecular weight excluding hydrogens is 527 g/mol. The number of anilines is 1. The van der Waals surface area contributed by atoms with E-state index in [1.54, 1.807) is 23.9 Å². The molecule has 0 aromatic heterocycles. The van der Waals surface area contributed by atoms with Crippen molar-refractivity contribution in [3.63, 3.8) is 0 Å². The van der Waals surface area contributed by atoms with Crippen molar-refractivity contribution in [1.82, 2.24) is 0 Å². The number of rotatable bonds is 15. The van der Waals surface area contributed by atoms with E-state index >= 15 is 0 Å². The summed E-state index contributed by atoms with van der Waals surface area (Å²) >= 11 is 1.78. The van der Waals surface area contributed by atoms with Gasteiger partial charge in [0.2, 0.25) is 17.7 Å². The maximum atomic E-state index is 13.7. The summed E-state index contributed by atoms with van der Waals surface area (Å²) in [5.74, 6) is -0.824. The molecular formula is C31H55FN4O3S. The van der Waals surface area contributed by atoms with Crippen molar-refractivity contribution < 1.29 is 18.8 Å². The summed E-state index contributed by atoms with van der Waals surface area (Å²) in [4.78, 5) is 33.3. The second kappa shape index (κ2) is 32.3. The van der Waals surface area contributed by atoms with Crippen LogP contribution >= 0.6 is 11.8 Å². The molecule has 1 rings (SSSR count). The Morgan fingerprint density at radius 3 is 2.05 bits per heavy atom. The number of allylic oxidation sites excluding steroid dienone is 3. The van der Waals surface area contributed by atoms with Gasteiger partial charge in [-0.05, 0) is 61.3 Å². The molecule has 1 aromatic carbocycles. The zero-order chi connectivity index (χ0) is 31.9. The van der Waals surface area contributed by atoms with E-state index in [0.717, 1.165) is 29.7 Å². The number of benzene rings is 1. The third kappa shape index (κ3) is 29.6. The molecule has 230 valence electrons. The van der Waals surface area contributed by atoms with Crippen LogP contribution in [-0.2, 0) is 20.8 Å². The van der Waals surface area contributed by atoms with Gasteiger partial charge in [0.15, 0.2) is 0 Å². The fourth-order valence-corrected chi connectivity index (χ4v) is 3.24. The minimum atomic E-state index is -0.895. The number of primary amides is 2. The first-order valence-electron chi connectivity index (χ1n) is 14.0. The standard InChI is InChI=1S/C17H25FN4O3.C8H12S.3C2H6/c18-12-8-11(4-2-1-3-5-15(20)23)9-13(10-12)22-17(25)14(19)6-7-16(21)24;1-4-5-6-8(2)7-9-3;3*1-2/h8-10,14H,1-7,19H2,(H2,20,23)(H2,21,24)(H,22,25);4-6H,1-2,7H2,3H3;3*1-2H3/b;6-5-;;;. The van der Waals surface area contributed by atoms with Crippen LogP contribution < -0.4 is 22.5 Å². The number of carbonyl (C=O) groups excluding carboxylic acids is 3. The van der Waals surface area contributed by atoms with Crippen LogP contribution in [-0.4, -0.2) is 35.8 Å². The van der Waals surface area contributed by atoms with Crippen molar-refractivity contribution in [2.45, 2.75) is 92.5 Å². The van der Waals surface area contributed by atoms with E-state index in [9.17, 15) is 18.8 Å². The molecule has 7 N–H and O–H groups in total. The number of unbranched alkanes of at least 4 members (excludes halogenated alkanes) is 2. The third-order valence-electron chi connectivity index (χ3n) is 4.45.